The molecule has 4 bridgehead atoms. The second kappa shape index (κ2) is 11.8. The van der Waals surface area contributed by atoms with Gasteiger partial charge in [0.05, 0.1) is 19.8 Å². The van der Waals surface area contributed by atoms with Crippen LogP contribution in [0.5, 0.6) is 5.75 Å². The van der Waals surface area contributed by atoms with Gasteiger partial charge in [-0.15, -0.1) is 0 Å². The molecule has 1 aromatic carbocycles. The van der Waals surface area contributed by atoms with E-state index in [2.05, 4.69) is 15.6 Å². The van der Waals surface area contributed by atoms with Crippen molar-refractivity contribution in [3.8, 4) is 5.75 Å². The Morgan fingerprint density at radius 1 is 1.18 bits per heavy atom. The Morgan fingerprint density at radius 3 is 2.90 bits per heavy atom. The Morgan fingerprint density at radius 2 is 2.05 bits per heavy atom. The summed E-state index contributed by atoms with van der Waals surface area (Å²) in [6.45, 7) is 3.16. The Balaban J connectivity index is 1.24. The molecular formula is C29H37N7O4. The Labute approximate surface area is 234 Å². The first-order valence-corrected chi connectivity index (χ1v) is 14.3. The minimum absolute atomic E-state index is 0.00438. The Hall–Kier alpha value is -3.70. The fourth-order valence-corrected chi connectivity index (χ4v) is 6.10. The van der Waals surface area contributed by atoms with E-state index in [-0.39, 0.29) is 30.6 Å². The van der Waals surface area contributed by atoms with Gasteiger partial charge < -0.3 is 29.9 Å². The van der Waals surface area contributed by atoms with Crippen molar-refractivity contribution in [3.05, 3.63) is 47.7 Å². The Kier molecular flexibility index (Phi) is 7.83. The lowest BCUT2D eigenvalue weighted by atomic mass is 10.1. The molecule has 1 saturated heterocycles. The van der Waals surface area contributed by atoms with Crippen LogP contribution >= 0.6 is 0 Å². The van der Waals surface area contributed by atoms with Crippen LogP contribution in [0.15, 0.2) is 36.5 Å². The van der Waals surface area contributed by atoms with E-state index in [9.17, 15) is 9.59 Å². The summed E-state index contributed by atoms with van der Waals surface area (Å²) < 4.78 is 11.9. The molecule has 1 aliphatic carbocycles. The van der Waals surface area contributed by atoms with Gasteiger partial charge in [0.2, 0.25) is 5.95 Å². The van der Waals surface area contributed by atoms with Crippen molar-refractivity contribution in [3.63, 3.8) is 0 Å². The molecule has 1 aromatic heterocycles. The van der Waals surface area contributed by atoms with E-state index in [1.807, 2.05) is 53.4 Å². The minimum atomic E-state index is -0.0331. The molecule has 3 aliphatic heterocycles. The van der Waals surface area contributed by atoms with Gasteiger partial charge in [0.25, 0.3) is 5.91 Å². The number of ether oxygens (including phenoxy) is 2. The van der Waals surface area contributed by atoms with E-state index in [4.69, 9.17) is 14.5 Å². The van der Waals surface area contributed by atoms with Gasteiger partial charge >= 0.3 is 6.03 Å². The van der Waals surface area contributed by atoms with E-state index >= 15 is 0 Å². The predicted molar refractivity (Wildman–Crippen MR) is 151 cm³/mol. The van der Waals surface area contributed by atoms with Gasteiger partial charge in [-0.25, -0.2) is 9.78 Å². The monoisotopic (exact) mass is 547 g/mol. The van der Waals surface area contributed by atoms with Gasteiger partial charge in [-0.2, -0.15) is 4.98 Å². The molecular weight excluding hydrogens is 510 g/mol. The SMILES string of the molecule is CNC1CCCC1N1Cc2cnc3nc2N(C/C=C\COCc2cc(ccc2OCC(=O)N2CCCC2)N3)C1=O. The molecule has 11 nitrogen and oxygen atoms in total. The number of nitrogens with one attached hydrogen (secondary N) is 2. The highest BCUT2D eigenvalue weighted by Crippen LogP contribution is 2.34. The maximum absolute atomic E-state index is 13.7. The molecule has 11 heteroatoms. The van der Waals surface area contributed by atoms with Gasteiger partial charge in [-0.3, -0.25) is 9.69 Å². The Bertz CT molecular complexity index is 1280. The smallest absolute Gasteiger partial charge is 0.326 e. The number of carbonyl (C=O) groups is 2. The lowest BCUT2D eigenvalue weighted by Crippen LogP contribution is -2.55. The topological polar surface area (TPSA) is 112 Å². The first-order valence-electron chi connectivity index (χ1n) is 14.3. The molecule has 4 aliphatic rings. The molecule has 2 atom stereocenters. The number of hydrogen-bond acceptors (Lipinski definition) is 8. The van der Waals surface area contributed by atoms with Crippen LogP contribution in [0, 0.1) is 0 Å². The second-order valence-corrected chi connectivity index (χ2v) is 10.8. The fraction of sp³-hybridized carbons (Fsp3) is 0.517. The number of fused-ring (bicyclic) bond motifs is 3. The molecule has 2 aromatic rings. The van der Waals surface area contributed by atoms with Gasteiger partial charge in [-0.05, 0) is 57.4 Å². The zero-order valence-electron chi connectivity index (χ0n) is 23.0. The van der Waals surface area contributed by atoms with Crippen LogP contribution in [0.25, 0.3) is 0 Å². The van der Waals surface area contributed by atoms with Crippen molar-refractivity contribution in [2.24, 2.45) is 0 Å². The van der Waals surface area contributed by atoms with E-state index in [0.717, 1.165) is 62.0 Å². The third kappa shape index (κ3) is 5.48. The fourth-order valence-electron chi connectivity index (χ4n) is 6.10. The van der Waals surface area contributed by atoms with Crippen molar-refractivity contribution >= 4 is 29.4 Å². The molecule has 4 heterocycles. The molecule has 2 unspecified atom stereocenters. The quantitative estimate of drug-likeness (QED) is 0.549. The summed E-state index contributed by atoms with van der Waals surface area (Å²) in [4.78, 5) is 41.2. The van der Waals surface area contributed by atoms with Crippen molar-refractivity contribution in [1.82, 2.24) is 25.1 Å². The molecule has 0 spiro atoms. The van der Waals surface area contributed by atoms with E-state index in [1.165, 1.54) is 0 Å². The molecule has 1 saturated carbocycles. The number of nitrogens with zero attached hydrogens (tertiary/aromatic N) is 5. The van der Waals surface area contributed by atoms with E-state index in [0.29, 0.717) is 43.8 Å². The van der Waals surface area contributed by atoms with Crippen LogP contribution in [0.1, 0.15) is 43.2 Å². The van der Waals surface area contributed by atoms with Crippen LogP contribution < -0.4 is 20.3 Å². The molecule has 3 amide bonds. The molecule has 2 fully saturated rings. The zero-order valence-corrected chi connectivity index (χ0v) is 23.0. The van der Waals surface area contributed by atoms with Gasteiger partial charge in [0, 0.05) is 54.7 Å². The molecule has 6 rings (SSSR count). The predicted octanol–water partition coefficient (Wildman–Crippen LogP) is 3.19. The van der Waals surface area contributed by atoms with Crippen LogP contribution in [-0.4, -0.2) is 83.7 Å². The van der Waals surface area contributed by atoms with Crippen LogP contribution in [0.4, 0.5) is 22.2 Å². The molecule has 212 valence electrons. The summed E-state index contributed by atoms with van der Waals surface area (Å²) in [6, 6.07) is 6.04. The summed E-state index contributed by atoms with van der Waals surface area (Å²) in [7, 11) is 1.97. The second-order valence-electron chi connectivity index (χ2n) is 10.8. The number of likely N-dealkylation sites (N-methyl/N-ethyl adjacent to an activating group) is 1. The highest BCUT2D eigenvalue weighted by molar-refractivity contribution is 5.94. The maximum Gasteiger partial charge on any atom is 0.326 e. The van der Waals surface area contributed by atoms with E-state index < -0.39 is 0 Å². The van der Waals surface area contributed by atoms with Crippen molar-refractivity contribution in [1.29, 1.82) is 0 Å². The minimum Gasteiger partial charge on any atom is -0.483 e. The van der Waals surface area contributed by atoms with Gasteiger partial charge in [0.1, 0.15) is 11.6 Å². The summed E-state index contributed by atoms with van der Waals surface area (Å²) in [5.74, 6) is 1.65. The molecule has 2 N–H and O–H groups in total. The maximum atomic E-state index is 13.7. The standard InChI is InChI=1S/C29H37N7O4/c1-30-23-7-6-8-24(23)36-17-21-16-31-28-32-22-9-10-25(40-19-26(37)34-11-2-3-12-34)20(15-22)18-39-14-5-4-13-35(29(36)38)27(21)33-28/h4-5,9-10,15-16,23-24,30H,2-3,6-8,11-14,17-19H2,1H3,(H,31,32,33)/b5-4-. The highest BCUT2D eigenvalue weighted by Gasteiger charge is 2.40. The summed E-state index contributed by atoms with van der Waals surface area (Å²) in [5.41, 5.74) is 2.52. The molecule has 0 radical (unpaired) electrons. The van der Waals surface area contributed by atoms with Crippen LogP contribution in [-0.2, 0) is 22.7 Å². The third-order valence-electron chi connectivity index (χ3n) is 8.22. The van der Waals surface area contributed by atoms with Gasteiger partial charge in [-0.1, -0.05) is 12.2 Å². The number of benzene rings is 1. The number of anilines is 3. The van der Waals surface area contributed by atoms with Crippen molar-refractivity contribution in [2.45, 2.75) is 57.3 Å². The average molecular weight is 548 g/mol. The normalized spacial score (nSPS) is 23.5. The number of amides is 3. The third-order valence-corrected chi connectivity index (χ3v) is 8.22. The van der Waals surface area contributed by atoms with Crippen LogP contribution in [0.2, 0.25) is 0 Å². The number of urea groups is 1. The molecule has 40 heavy (non-hydrogen) atoms. The zero-order chi connectivity index (χ0) is 27.5. The van der Waals surface area contributed by atoms with E-state index in [1.54, 1.807) is 4.90 Å². The lowest BCUT2D eigenvalue weighted by Gasteiger charge is -2.40. The highest BCUT2D eigenvalue weighted by atomic mass is 16.5. The largest absolute Gasteiger partial charge is 0.483 e. The number of rotatable bonds is 5. The average Bonchev–Trinajstić information content (AvgIpc) is 3.67. The number of hydrogen-bond donors (Lipinski definition) is 2. The number of aromatic nitrogens is 2. The first-order chi connectivity index (χ1) is 19.6. The first kappa shape index (κ1) is 26.5. The van der Waals surface area contributed by atoms with Gasteiger partial charge in [0.15, 0.2) is 6.61 Å². The summed E-state index contributed by atoms with van der Waals surface area (Å²) in [5, 5.41) is 6.67. The van der Waals surface area contributed by atoms with Crippen molar-refractivity contribution < 1.29 is 19.1 Å². The number of likely N-dealkylation sites (tertiary alicyclic amines) is 1. The summed E-state index contributed by atoms with van der Waals surface area (Å²) in [6.07, 6.45) is 10.9. The van der Waals surface area contributed by atoms with Crippen LogP contribution in [0.3, 0.4) is 0 Å². The van der Waals surface area contributed by atoms with Crippen molar-refractivity contribution in [2.75, 3.05) is 50.1 Å². The lowest BCUT2D eigenvalue weighted by molar-refractivity contribution is -0.132. The number of carbonyl (C=O) groups excluding carboxylic acids is 2. The summed E-state index contributed by atoms with van der Waals surface area (Å²) >= 11 is 0.